The first-order valence-electron chi connectivity index (χ1n) is 14.3. The zero-order valence-electron chi connectivity index (χ0n) is 25.2. The minimum Gasteiger partial charge on any atom is -0.456 e. The zero-order chi connectivity index (χ0) is 30.4. The smallest absolute Gasteiger partial charge is 0.307 e. The van der Waals surface area contributed by atoms with Gasteiger partial charge >= 0.3 is 5.97 Å². The number of carbonyl (C=O) groups is 1. The van der Waals surface area contributed by atoms with Gasteiger partial charge in [-0.3, -0.25) is 14.5 Å². The van der Waals surface area contributed by atoms with Crippen molar-refractivity contribution in [3.63, 3.8) is 0 Å². The molecule has 42 heavy (non-hydrogen) atoms. The average Bonchev–Trinajstić information content (AvgIpc) is 3.33. The second-order valence-corrected chi connectivity index (χ2v) is 15.9. The van der Waals surface area contributed by atoms with Crippen molar-refractivity contribution in [2.24, 2.45) is 0 Å². The van der Waals surface area contributed by atoms with E-state index in [9.17, 15) is 14.7 Å². The Labute approximate surface area is 246 Å². The van der Waals surface area contributed by atoms with E-state index in [1.165, 1.54) is 10.9 Å². The number of nitrogens with zero attached hydrogens (tertiary/aromatic N) is 4. The van der Waals surface area contributed by atoms with Crippen LogP contribution in [0.4, 0.5) is 5.69 Å². The number of anilines is 1. The van der Waals surface area contributed by atoms with Crippen molar-refractivity contribution in [3.8, 4) is 0 Å². The summed E-state index contributed by atoms with van der Waals surface area (Å²) in [6, 6.07) is 1.58. The summed E-state index contributed by atoms with van der Waals surface area (Å²) >= 11 is 0. The van der Waals surface area contributed by atoms with Gasteiger partial charge in [-0.1, -0.05) is 20.8 Å². The van der Waals surface area contributed by atoms with Gasteiger partial charge in [0.15, 0.2) is 22.1 Å². The number of nitrogens with two attached hydrogens (primary N) is 1. The maximum Gasteiger partial charge on any atom is 0.307 e. The number of hydrogen-bond donors (Lipinski definition) is 3. The molecule has 0 saturated carbocycles. The highest BCUT2D eigenvalue weighted by Gasteiger charge is 2.60. The van der Waals surface area contributed by atoms with E-state index in [1.807, 2.05) is 13.8 Å². The molecule has 2 aliphatic rings. The third-order valence-corrected chi connectivity index (χ3v) is 9.67. The molecular weight excluding hydrogens is 560 g/mol. The van der Waals surface area contributed by atoms with Crippen LogP contribution in [0.15, 0.2) is 23.3 Å². The van der Waals surface area contributed by atoms with Crippen molar-refractivity contribution >= 4 is 43.1 Å². The van der Waals surface area contributed by atoms with Gasteiger partial charge in [-0.05, 0) is 31.9 Å². The van der Waals surface area contributed by atoms with Gasteiger partial charge in [-0.15, -0.1) is 0 Å². The highest BCUT2D eigenvalue weighted by Crippen LogP contribution is 2.45. The predicted molar refractivity (Wildman–Crippen MR) is 160 cm³/mol. The topological polar surface area (TPSA) is 167 Å². The molecule has 13 nitrogen and oxygen atoms in total. The number of aromatic amines is 1. The molecule has 2 aromatic heterocycles. The van der Waals surface area contributed by atoms with E-state index in [1.54, 1.807) is 19.2 Å². The van der Waals surface area contributed by atoms with Crippen molar-refractivity contribution in [2.45, 2.75) is 82.6 Å². The maximum atomic E-state index is 13.2. The van der Waals surface area contributed by atoms with Crippen LogP contribution < -0.4 is 11.3 Å². The molecule has 4 unspecified atom stereocenters. The monoisotopic (exact) mass is 602 g/mol. The zero-order valence-corrected chi connectivity index (χ0v) is 26.6. The first kappa shape index (κ1) is 30.6. The minimum atomic E-state index is -1.71. The molecule has 4 N–H and O–H groups in total. The molecule has 4 heterocycles. The lowest BCUT2D eigenvalue weighted by Crippen LogP contribution is -2.53. The molecule has 2 fully saturated rings. The Kier molecular flexibility index (Phi) is 8.24. The van der Waals surface area contributed by atoms with Gasteiger partial charge < -0.3 is 29.5 Å². The molecule has 4 atom stereocenters. The molecule has 0 radical (unpaired) electrons. The SMILES string of the molecule is CC(C)(C)[SiH2]OC(C)(C)C1OC(n2cc3c(N)cc4c(=O)[nH]ncc(n2)c34)C(C)(O)C1OC(=O)CCN1CCOCC1. The van der Waals surface area contributed by atoms with Crippen molar-refractivity contribution in [1.29, 1.82) is 0 Å². The molecule has 5 rings (SSSR count). The highest BCUT2D eigenvalue weighted by molar-refractivity contribution is 6.31. The molecule has 0 aliphatic carbocycles. The molecule has 3 aromatic rings. The van der Waals surface area contributed by atoms with Crippen molar-refractivity contribution in [1.82, 2.24) is 24.9 Å². The number of morpholine rings is 1. The van der Waals surface area contributed by atoms with E-state index in [0.717, 1.165) is 13.1 Å². The quantitative estimate of drug-likeness (QED) is 0.251. The largest absolute Gasteiger partial charge is 0.456 e. The van der Waals surface area contributed by atoms with E-state index < -0.39 is 45.4 Å². The van der Waals surface area contributed by atoms with E-state index in [4.69, 9.17) is 24.4 Å². The normalized spacial score (nSPS) is 26.1. The fourth-order valence-electron chi connectivity index (χ4n) is 5.54. The molecule has 14 heteroatoms. The second-order valence-electron chi connectivity index (χ2n) is 13.2. The number of H-pyrrole nitrogens is 1. The number of nitrogen functional groups attached to an aromatic ring is 1. The van der Waals surface area contributed by atoms with Crippen LogP contribution in [0.3, 0.4) is 0 Å². The number of aromatic nitrogens is 4. The molecule has 2 saturated heterocycles. The van der Waals surface area contributed by atoms with Crippen LogP contribution in [0.2, 0.25) is 5.04 Å². The summed E-state index contributed by atoms with van der Waals surface area (Å²) in [5.41, 5.74) is 4.07. The van der Waals surface area contributed by atoms with Crippen LogP contribution in [0.25, 0.3) is 21.7 Å². The number of ether oxygens (including phenoxy) is 3. The number of carbonyl (C=O) groups excluding carboxylic acids is 1. The lowest BCUT2D eigenvalue weighted by molar-refractivity contribution is -0.169. The van der Waals surface area contributed by atoms with Crippen LogP contribution in [0.1, 0.15) is 54.2 Å². The van der Waals surface area contributed by atoms with Crippen LogP contribution in [-0.4, -0.2) is 102 Å². The fourth-order valence-corrected chi connectivity index (χ4v) is 6.51. The Morgan fingerprint density at radius 1 is 1.26 bits per heavy atom. The van der Waals surface area contributed by atoms with E-state index in [2.05, 4.69) is 41.0 Å². The van der Waals surface area contributed by atoms with E-state index in [-0.39, 0.29) is 17.0 Å². The summed E-state index contributed by atoms with van der Waals surface area (Å²) < 4.78 is 25.9. The van der Waals surface area contributed by atoms with Crippen LogP contribution >= 0.6 is 0 Å². The first-order valence-corrected chi connectivity index (χ1v) is 15.6. The standard InChI is InChI=1S/C28H42N6O7Si/c1-26(2,3)42-41-27(4,5)22-23(39-20(35)7-8-33-9-11-38-12-10-33)28(6,37)25(40-22)34-15-17-18(29)13-16-21(17)19(32-34)14-30-31-24(16)36/h13-15,22-23,25,37H,7-12,29,42H2,1-6H3,(H,31,36). The fraction of sp³-hybridized carbons (Fsp3) is 0.643. The van der Waals surface area contributed by atoms with Crippen LogP contribution in [0, 0.1) is 0 Å². The summed E-state index contributed by atoms with van der Waals surface area (Å²) in [4.78, 5) is 27.8. The van der Waals surface area contributed by atoms with Gasteiger partial charge in [-0.2, -0.15) is 10.2 Å². The predicted octanol–water partition coefficient (Wildman–Crippen LogP) is 1.23. The molecule has 0 amide bonds. The van der Waals surface area contributed by atoms with Gasteiger partial charge in [0.05, 0.1) is 36.8 Å². The van der Waals surface area contributed by atoms with Gasteiger partial charge in [0, 0.05) is 42.3 Å². The summed E-state index contributed by atoms with van der Waals surface area (Å²) in [5, 5.41) is 24.6. The molecule has 1 aromatic carbocycles. The Bertz CT molecular complexity index is 1510. The Hall–Kier alpha value is -2.88. The number of rotatable bonds is 8. The first-order chi connectivity index (χ1) is 19.7. The molecule has 2 aliphatic heterocycles. The number of nitrogens with one attached hydrogen (secondary N) is 1. The van der Waals surface area contributed by atoms with E-state index in [0.29, 0.717) is 47.1 Å². The van der Waals surface area contributed by atoms with E-state index >= 15 is 0 Å². The molecule has 0 spiro atoms. The molecule has 0 bridgehead atoms. The number of esters is 1. The Morgan fingerprint density at radius 2 is 1.98 bits per heavy atom. The number of hydrogen-bond acceptors (Lipinski definition) is 11. The summed E-state index contributed by atoms with van der Waals surface area (Å²) in [7, 11) is -1.03. The lowest BCUT2D eigenvalue weighted by atomic mass is 9.88. The van der Waals surface area contributed by atoms with Crippen LogP contribution in [0.5, 0.6) is 0 Å². The highest BCUT2D eigenvalue weighted by atomic mass is 28.2. The number of aliphatic hydroxyl groups is 1. The second kappa shape index (κ2) is 11.3. The van der Waals surface area contributed by atoms with Gasteiger partial charge in [0.25, 0.3) is 5.56 Å². The summed E-state index contributed by atoms with van der Waals surface area (Å²) in [6.45, 7) is 15.0. The molecule has 230 valence electrons. The van der Waals surface area contributed by atoms with Crippen molar-refractivity contribution < 1.29 is 28.5 Å². The van der Waals surface area contributed by atoms with Gasteiger partial charge in [-0.25, -0.2) is 9.78 Å². The van der Waals surface area contributed by atoms with Crippen molar-refractivity contribution in [3.05, 3.63) is 28.8 Å². The maximum absolute atomic E-state index is 13.2. The Morgan fingerprint density at radius 3 is 2.67 bits per heavy atom. The van der Waals surface area contributed by atoms with Crippen molar-refractivity contribution in [2.75, 3.05) is 38.6 Å². The van der Waals surface area contributed by atoms with Gasteiger partial charge in [0.1, 0.15) is 17.2 Å². The minimum absolute atomic E-state index is 0.00244. The van der Waals surface area contributed by atoms with Gasteiger partial charge in [0.2, 0.25) is 0 Å². The summed E-state index contributed by atoms with van der Waals surface area (Å²) in [5.74, 6) is -0.438. The third-order valence-electron chi connectivity index (χ3n) is 7.91. The Balaban J connectivity index is 1.49. The van der Waals surface area contributed by atoms with Crippen LogP contribution in [-0.2, 0) is 23.4 Å². The third kappa shape index (κ3) is 6.10. The lowest BCUT2D eigenvalue weighted by Gasteiger charge is -2.38. The average molecular weight is 603 g/mol. The molecular formula is C28H42N6O7Si. The summed E-state index contributed by atoms with van der Waals surface area (Å²) in [6.07, 6.45) is 0.288.